The van der Waals surface area contributed by atoms with Gasteiger partial charge in [-0.2, -0.15) is 0 Å². The number of nitrogens with zero attached hydrogens (tertiary/aromatic N) is 2. The summed E-state index contributed by atoms with van der Waals surface area (Å²) in [6.45, 7) is 10.6. The molecule has 306 valence electrons. The van der Waals surface area contributed by atoms with Gasteiger partial charge >= 0.3 is 29.6 Å². The molecule has 1 aliphatic carbocycles. The zero-order valence-corrected chi connectivity index (χ0v) is 38.3. The molecule has 6 rings (SSSR count). The molecule has 0 fully saturated rings. The molecule has 0 spiro atoms. The van der Waals surface area contributed by atoms with E-state index >= 15 is 0 Å². The Balaban J connectivity index is 0.00000683. The van der Waals surface area contributed by atoms with Crippen molar-refractivity contribution < 1.29 is 64.8 Å². The van der Waals surface area contributed by atoms with Crippen LogP contribution in [0.1, 0.15) is 66.3 Å². The fourth-order valence-corrected chi connectivity index (χ4v) is 9.71. The zero-order chi connectivity index (χ0) is 42.3. The van der Waals surface area contributed by atoms with Gasteiger partial charge in [0.1, 0.15) is 27.8 Å². The second-order valence-corrected chi connectivity index (χ2v) is 17.0. The van der Waals surface area contributed by atoms with Crippen LogP contribution in [0.3, 0.4) is 0 Å². The van der Waals surface area contributed by atoms with Gasteiger partial charge in [0.05, 0.1) is 6.61 Å². The molecule has 0 aromatic heterocycles. The van der Waals surface area contributed by atoms with Crippen molar-refractivity contribution in [3.05, 3.63) is 185 Å². The molecule has 0 bridgehead atoms. The van der Waals surface area contributed by atoms with Gasteiger partial charge in [-0.05, 0) is 128 Å². The zero-order valence-electron chi connectivity index (χ0n) is 34.7. The molecule has 60 heavy (non-hydrogen) atoms. The van der Waals surface area contributed by atoms with Gasteiger partial charge in [-0.15, -0.1) is 0 Å². The van der Waals surface area contributed by atoms with Crippen molar-refractivity contribution in [2.45, 2.75) is 45.4 Å². The molecule has 5 aromatic rings. The molecule has 1 N–H and O–H groups in total. The van der Waals surface area contributed by atoms with Crippen LogP contribution < -0.4 is 44.5 Å². The number of aryl methyl sites for hydroxylation is 1. The van der Waals surface area contributed by atoms with Gasteiger partial charge in [0.2, 0.25) is 5.71 Å². The van der Waals surface area contributed by atoms with Crippen LogP contribution in [0.2, 0.25) is 0 Å². The molecule has 5 aromatic carbocycles. The number of rotatable bonds is 15. The van der Waals surface area contributed by atoms with Crippen LogP contribution in [0.15, 0.2) is 157 Å². The van der Waals surface area contributed by atoms with Crippen molar-refractivity contribution in [1.82, 2.24) is 0 Å². The van der Waals surface area contributed by atoms with Crippen LogP contribution in [-0.2, 0) is 20.2 Å². The van der Waals surface area contributed by atoms with E-state index in [1.807, 2.05) is 120 Å². The summed E-state index contributed by atoms with van der Waals surface area (Å²) in [7, 11) is -9.58. The Labute approximate surface area is 376 Å². The summed E-state index contributed by atoms with van der Waals surface area (Å²) < 4.78 is 83.8. The van der Waals surface area contributed by atoms with Gasteiger partial charge in [-0.3, -0.25) is 0 Å². The number of hydrogen-bond donors (Lipinski definition) is 1. The fraction of sp³-hybridized carbons (Fsp3) is 0.213. The molecule has 0 heterocycles. The van der Waals surface area contributed by atoms with Crippen molar-refractivity contribution >= 4 is 48.6 Å². The Morgan fingerprint density at radius 1 is 0.733 bits per heavy atom. The third kappa shape index (κ3) is 10.7. The third-order valence-corrected chi connectivity index (χ3v) is 12.4. The number of anilines is 3. The predicted molar refractivity (Wildman–Crippen MR) is 234 cm³/mol. The van der Waals surface area contributed by atoms with E-state index in [4.69, 9.17) is 4.74 Å². The van der Waals surface area contributed by atoms with Crippen molar-refractivity contribution in [3.63, 3.8) is 0 Å². The summed E-state index contributed by atoms with van der Waals surface area (Å²) in [5.41, 5.74) is 8.85. The van der Waals surface area contributed by atoms with Gasteiger partial charge in [0.25, 0.3) is 5.37 Å². The molecule has 0 amide bonds. The molecule has 0 saturated carbocycles. The molecule has 10 nitrogen and oxygen atoms in total. The predicted octanol–water partition coefficient (Wildman–Crippen LogP) is 6.25. The van der Waals surface area contributed by atoms with E-state index in [2.05, 4.69) is 5.32 Å². The number of allylic oxidation sites excluding steroid dienone is 5. The van der Waals surface area contributed by atoms with Gasteiger partial charge in [-0.1, -0.05) is 78.9 Å². The van der Waals surface area contributed by atoms with E-state index in [0.717, 1.165) is 50.5 Å². The van der Waals surface area contributed by atoms with Crippen LogP contribution in [0.25, 0.3) is 5.57 Å². The first-order valence-corrected chi connectivity index (χ1v) is 22.4. The summed E-state index contributed by atoms with van der Waals surface area (Å²) in [6, 6.07) is 38.4. The van der Waals surface area contributed by atoms with E-state index in [1.165, 1.54) is 0 Å². The van der Waals surface area contributed by atoms with Gasteiger partial charge in [-0.25, -0.2) is 21.4 Å². The monoisotopic (exact) mass is 853 g/mol. The van der Waals surface area contributed by atoms with Crippen molar-refractivity contribution in [2.75, 3.05) is 29.9 Å². The molecule has 0 saturated heterocycles. The van der Waals surface area contributed by atoms with Crippen LogP contribution in [0.4, 0.5) is 17.1 Å². The topological polar surface area (TPSA) is 142 Å². The SMILES string of the molecule is CCOc1ccc(Nc2ccc(C(=C3C=CC(=[N+](CC)C(c4ccccc4)S(=O)(=O)[O-])C=C3C)c3ccc(N(CC)C(c4ccccc4)S(=O)(=O)[O-])cc3C)cc2)cc1.[Na+]. The largest absolute Gasteiger partial charge is 1.00 e. The minimum absolute atomic E-state index is 0. The summed E-state index contributed by atoms with van der Waals surface area (Å²) >= 11 is 0. The normalized spacial score (nSPS) is 15.6. The quantitative estimate of drug-likeness (QED) is 0.0736. The van der Waals surface area contributed by atoms with E-state index in [9.17, 15) is 25.9 Å². The maximum Gasteiger partial charge on any atom is 1.00 e. The Morgan fingerprint density at radius 3 is 1.82 bits per heavy atom. The first kappa shape index (κ1) is 46.3. The van der Waals surface area contributed by atoms with Crippen molar-refractivity contribution in [1.29, 1.82) is 0 Å². The van der Waals surface area contributed by atoms with Gasteiger partial charge in [0.15, 0.2) is 10.1 Å². The van der Waals surface area contributed by atoms with E-state index in [-0.39, 0.29) is 42.6 Å². The first-order valence-electron chi connectivity index (χ1n) is 19.4. The van der Waals surface area contributed by atoms with Crippen molar-refractivity contribution in [2.24, 2.45) is 0 Å². The Kier molecular flexibility index (Phi) is 15.6. The van der Waals surface area contributed by atoms with Gasteiger partial charge in [0, 0.05) is 41.3 Å². The summed E-state index contributed by atoms with van der Waals surface area (Å²) in [5, 5.41) is 0.593. The van der Waals surface area contributed by atoms with Gasteiger partial charge < -0.3 is 24.1 Å². The Bertz CT molecular complexity index is 2630. The third-order valence-electron chi connectivity index (χ3n) is 10.2. The number of ether oxygens (including phenoxy) is 1. The molecule has 2 atom stereocenters. The van der Waals surface area contributed by atoms with Crippen LogP contribution >= 0.6 is 0 Å². The molecular formula is C47H48N3NaO7S2. The number of hydrogen-bond acceptors (Lipinski definition) is 9. The minimum atomic E-state index is -4.79. The second-order valence-electron chi connectivity index (χ2n) is 14.1. The number of nitrogens with one attached hydrogen (secondary N) is 1. The average molecular weight is 854 g/mol. The standard InChI is InChI=1S/C47H49N3O7S2.Na/c1-6-49(46(58(51,52)53)36-15-11-9-12-16-36)40-25-29-43(33(4)31-40)45(35-19-21-38(22-20-35)48-39-23-27-42(28-24-39)57-8-3)44-30-26-41(32-34(44)5)50(7-2)47(59(54,55)56)37-17-13-10-14-18-37;/h9-32,46-47H,6-8H2,1-5H3,(H2,51,52,53,54,55,56);/q;+1/p-1. The van der Waals surface area contributed by atoms with Crippen LogP contribution in [0.5, 0.6) is 5.75 Å². The Hall–Kier alpha value is -4.79. The molecule has 0 radical (unpaired) electrons. The molecule has 1 aliphatic rings. The minimum Gasteiger partial charge on any atom is -0.746 e. The molecule has 2 unspecified atom stereocenters. The number of benzene rings is 5. The molecule has 13 heteroatoms. The Morgan fingerprint density at radius 2 is 1.32 bits per heavy atom. The maximum atomic E-state index is 12.8. The molecular weight excluding hydrogens is 806 g/mol. The van der Waals surface area contributed by atoms with E-state index in [0.29, 0.717) is 29.1 Å². The second kappa shape index (κ2) is 20.2. The summed E-state index contributed by atoms with van der Waals surface area (Å²) in [4.78, 5) is 1.60. The fourth-order valence-electron chi connectivity index (χ4n) is 7.57. The first-order chi connectivity index (χ1) is 28.2. The summed E-state index contributed by atoms with van der Waals surface area (Å²) in [6.07, 6.45) is 5.67. The van der Waals surface area contributed by atoms with Crippen LogP contribution in [-0.4, -0.2) is 55.9 Å². The van der Waals surface area contributed by atoms with Crippen molar-refractivity contribution in [3.8, 4) is 5.75 Å². The van der Waals surface area contributed by atoms with Crippen LogP contribution in [0, 0.1) is 6.92 Å². The van der Waals surface area contributed by atoms with E-state index < -0.39 is 31.0 Å². The maximum absolute atomic E-state index is 12.8. The average Bonchev–Trinajstić information content (AvgIpc) is 3.21. The summed E-state index contributed by atoms with van der Waals surface area (Å²) in [5.74, 6) is 0.787. The van der Waals surface area contributed by atoms with E-state index in [1.54, 1.807) is 70.1 Å². The molecule has 0 aliphatic heterocycles. The smallest absolute Gasteiger partial charge is 0.746 e.